The molecule has 1 atom stereocenters. The molecule has 4 aliphatic rings. The number of ketones is 2. The molecule has 12 heteroatoms. The van der Waals surface area contributed by atoms with Crippen LogP contribution in [-0.4, -0.2) is 102 Å². The van der Waals surface area contributed by atoms with Crippen LogP contribution in [0.25, 0.3) is 0 Å². The fraction of sp³-hybridized carbons (Fsp3) is 0.326. The van der Waals surface area contributed by atoms with Crippen LogP contribution >= 0.6 is 0 Å². The predicted octanol–water partition coefficient (Wildman–Crippen LogP) is 4.03. The first kappa shape index (κ1) is 44.2. The highest BCUT2D eigenvalue weighted by Gasteiger charge is 2.20. The summed E-state index contributed by atoms with van der Waals surface area (Å²) >= 11 is 0. The van der Waals surface area contributed by atoms with E-state index in [9.17, 15) is 19.5 Å². The molecular formula is C46H54N6O6+2. The Hall–Kier alpha value is -6.52. The Labute approximate surface area is 341 Å². The molecule has 12 nitrogen and oxygen atoms in total. The van der Waals surface area contributed by atoms with Crippen molar-refractivity contribution in [1.29, 1.82) is 0 Å². The van der Waals surface area contributed by atoms with Crippen molar-refractivity contribution in [3.05, 3.63) is 143 Å². The molecule has 302 valence electrons. The molecule has 58 heavy (non-hydrogen) atoms. The van der Waals surface area contributed by atoms with Gasteiger partial charge in [-0.15, -0.1) is 0 Å². The Morgan fingerprint density at radius 1 is 0.707 bits per heavy atom. The Kier molecular flexibility index (Phi) is 18.4. The monoisotopic (exact) mass is 786 g/mol. The number of aryl methyl sites for hydroxylation is 1. The predicted molar refractivity (Wildman–Crippen MR) is 225 cm³/mol. The van der Waals surface area contributed by atoms with Gasteiger partial charge in [0.15, 0.2) is 11.6 Å². The summed E-state index contributed by atoms with van der Waals surface area (Å²) in [5.74, 6) is 0.437. The van der Waals surface area contributed by atoms with Gasteiger partial charge in [-0.2, -0.15) is 0 Å². The molecule has 4 heterocycles. The third-order valence-electron chi connectivity index (χ3n) is 9.71. The summed E-state index contributed by atoms with van der Waals surface area (Å²) in [6.45, 7) is 12.3. The standard InChI is InChI=1S/C16H14O3.C15H14O.C7H13N3.C7H11N3.CHO2/c1-11(16(18)19)13-8-5-9-14(10-13)15(17)12-6-3-2-4-7-12;1-2-12-7-6-10-14(11-12)15(16)13-8-4-3-5-9-13;2*1-3-8-7-9-4-2-6-10(7)5-1;2-1-3/h2-11H,1H3,(H,18,19);3-11H,2H2,1H3;1-6H2,(H,8,9);3H,1-2,4-6H2;(H,2,3)/q;;;;+1/p+1. The van der Waals surface area contributed by atoms with Crippen LogP contribution in [0, 0.1) is 0 Å². The van der Waals surface area contributed by atoms with Crippen molar-refractivity contribution >= 4 is 42.1 Å². The van der Waals surface area contributed by atoms with Gasteiger partial charge >= 0.3 is 18.4 Å². The summed E-state index contributed by atoms with van der Waals surface area (Å²) in [7, 11) is 0. The Morgan fingerprint density at radius 3 is 1.72 bits per heavy atom. The van der Waals surface area contributed by atoms with Gasteiger partial charge in [0.1, 0.15) is 0 Å². The first-order valence-electron chi connectivity index (χ1n) is 19.8. The van der Waals surface area contributed by atoms with Gasteiger partial charge in [0, 0.05) is 59.8 Å². The summed E-state index contributed by atoms with van der Waals surface area (Å²) in [6, 6.07) is 32.8. The van der Waals surface area contributed by atoms with Gasteiger partial charge < -0.3 is 9.90 Å². The lowest BCUT2D eigenvalue weighted by Crippen LogP contribution is -2.52. The van der Waals surface area contributed by atoms with E-state index in [2.05, 4.69) is 37.0 Å². The number of carbonyl (C=O) groups is 3. The zero-order chi connectivity index (χ0) is 41.5. The fourth-order valence-corrected chi connectivity index (χ4v) is 6.50. The quantitative estimate of drug-likeness (QED) is 0.123. The van der Waals surface area contributed by atoms with Crippen LogP contribution in [0.4, 0.5) is 0 Å². The van der Waals surface area contributed by atoms with Gasteiger partial charge in [-0.3, -0.25) is 34.7 Å². The second kappa shape index (κ2) is 24.2. The number of aliphatic carboxylic acids is 1. The summed E-state index contributed by atoms with van der Waals surface area (Å²) in [5, 5.41) is 27.6. The number of carboxylic acids is 1. The van der Waals surface area contributed by atoms with E-state index in [1.165, 1.54) is 50.4 Å². The van der Waals surface area contributed by atoms with Crippen LogP contribution in [-0.2, 0) is 16.0 Å². The second-order valence-corrected chi connectivity index (χ2v) is 13.8. The molecule has 1 unspecified atom stereocenters. The first-order chi connectivity index (χ1) is 28.2. The van der Waals surface area contributed by atoms with Gasteiger partial charge in [-0.25, -0.2) is 5.11 Å². The zero-order valence-corrected chi connectivity index (χ0v) is 33.4. The van der Waals surface area contributed by atoms with Crippen molar-refractivity contribution in [2.24, 2.45) is 4.99 Å². The number of carboxylic acid groups (broad SMARTS) is 1. The van der Waals surface area contributed by atoms with Crippen LogP contribution < -0.4 is 21.1 Å². The number of carbonyl (C=O) groups excluding carboxylic acids is 3. The van der Waals surface area contributed by atoms with Gasteiger partial charge in [0.25, 0.3) is 0 Å². The number of rotatable bonds is 7. The van der Waals surface area contributed by atoms with Crippen LogP contribution in [0.5, 0.6) is 0 Å². The first-order valence-corrected chi connectivity index (χ1v) is 19.8. The molecule has 0 saturated heterocycles. The van der Waals surface area contributed by atoms with Crippen LogP contribution in [0.2, 0.25) is 0 Å². The minimum Gasteiger partial charge on any atom is -0.550 e. The van der Waals surface area contributed by atoms with Crippen molar-refractivity contribution in [2.45, 2.75) is 51.9 Å². The third kappa shape index (κ3) is 13.9. The van der Waals surface area contributed by atoms with E-state index in [0.29, 0.717) is 23.2 Å². The molecule has 0 amide bonds. The molecule has 0 spiro atoms. The molecule has 4 aromatic rings. The van der Waals surface area contributed by atoms with E-state index in [4.69, 9.17) is 9.90 Å². The van der Waals surface area contributed by atoms with Crippen molar-refractivity contribution in [2.75, 3.05) is 45.8 Å². The normalized spacial score (nSPS) is 15.2. The maximum atomic E-state index is 12.2. The van der Waals surface area contributed by atoms with Gasteiger partial charge in [0.2, 0.25) is 0 Å². The number of aliphatic hydroxyl groups excluding tert-OH is 1. The highest BCUT2D eigenvalue weighted by atomic mass is 16.4. The molecule has 0 bridgehead atoms. The molecule has 0 aliphatic carbocycles. The number of nitrogens with one attached hydrogen (secondary N) is 3. The molecule has 0 radical (unpaired) electrons. The third-order valence-corrected chi connectivity index (χ3v) is 9.71. The maximum Gasteiger partial charge on any atom is 0.794 e. The van der Waals surface area contributed by atoms with Crippen LogP contribution in [0.15, 0.2) is 114 Å². The topological polar surface area (TPSA) is 166 Å². The minimum atomic E-state index is -1.15. The molecule has 0 aromatic heterocycles. The summed E-state index contributed by atoms with van der Waals surface area (Å²) in [6.07, 6.45) is 7.86. The number of nitrogens with zero attached hydrogens (tertiary/aromatic N) is 3. The SMILES string of the molecule is C1=NC2=[N+](CC1)CCCN2.C1CNC2=[N+](C1)CCCN2.CC(C(=O)[O-])c1cccc(C(=O)c2ccccc2)c1.CCc1cccc(C(=O)c2ccccc2)c1.O=[C+]O. The molecular weight excluding hydrogens is 733 g/mol. The smallest absolute Gasteiger partial charge is 0.550 e. The zero-order valence-electron chi connectivity index (χ0n) is 33.4. The van der Waals surface area contributed by atoms with Crippen molar-refractivity contribution < 1.29 is 38.5 Å². The largest absolute Gasteiger partial charge is 0.794 e. The van der Waals surface area contributed by atoms with Gasteiger partial charge in [-0.05, 0) is 29.7 Å². The molecule has 0 fully saturated rings. The number of hydrogen-bond donors (Lipinski definition) is 4. The van der Waals surface area contributed by atoms with Crippen LogP contribution in [0.1, 0.15) is 88.4 Å². The Balaban J connectivity index is 0.000000172. The van der Waals surface area contributed by atoms with E-state index in [0.717, 1.165) is 56.1 Å². The summed E-state index contributed by atoms with van der Waals surface area (Å²) < 4.78 is 4.70. The Bertz CT molecular complexity index is 2010. The van der Waals surface area contributed by atoms with Crippen LogP contribution in [0.3, 0.4) is 0 Å². The van der Waals surface area contributed by atoms with Gasteiger partial charge in [-0.1, -0.05) is 116 Å². The lowest BCUT2D eigenvalue weighted by Gasteiger charge is -2.22. The number of aliphatic imine (C=N–C) groups is 1. The van der Waals surface area contributed by atoms with Gasteiger partial charge in [0.05, 0.1) is 56.8 Å². The molecule has 8 rings (SSSR count). The lowest BCUT2D eigenvalue weighted by atomic mass is 9.96. The average Bonchev–Trinajstić information content (AvgIpc) is 3.30. The Morgan fingerprint density at radius 2 is 1.21 bits per heavy atom. The minimum absolute atomic E-state index is 0.0934. The number of hydrogen-bond acceptors (Lipinski definition) is 9. The molecule has 4 aromatic carbocycles. The summed E-state index contributed by atoms with van der Waals surface area (Å²) in [4.78, 5) is 47.7. The van der Waals surface area contributed by atoms with E-state index >= 15 is 0 Å². The molecule has 4 aliphatic heterocycles. The highest BCUT2D eigenvalue weighted by Crippen LogP contribution is 2.18. The average molecular weight is 787 g/mol. The maximum absolute atomic E-state index is 12.2. The van der Waals surface area contributed by atoms with Crippen molar-refractivity contribution in [3.63, 3.8) is 0 Å². The van der Waals surface area contributed by atoms with Crippen molar-refractivity contribution in [1.82, 2.24) is 16.0 Å². The lowest BCUT2D eigenvalue weighted by molar-refractivity contribution is -0.539. The fourth-order valence-electron chi connectivity index (χ4n) is 6.50. The van der Waals surface area contributed by atoms with E-state index in [1.54, 1.807) is 55.5 Å². The van der Waals surface area contributed by atoms with Crippen molar-refractivity contribution in [3.8, 4) is 0 Å². The highest BCUT2D eigenvalue weighted by molar-refractivity contribution is 6.09. The summed E-state index contributed by atoms with van der Waals surface area (Å²) in [5.41, 5.74) is 4.35. The van der Waals surface area contributed by atoms with E-state index in [-0.39, 0.29) is 11.6 Å². The molecule has 0 saturated carbocycles. The number of guanidine groups is 2. The van der Waals surface area contributed by atoms with E-state index in [1.807, 2.05) is 66.9 Å². The second-order valence-electron chi connectivity index (χ2n) is 13.8. The number of benzene rings is 4. The molecule has 4 N–H and O–H groups in total. The van der Waals surface area contributed by atoms with E-state index < -0.39 is 11.9 Å².